The predicted molar refractivity (Wildman–Crippen MR) is 91.7 cm³/mol. The van der Waals surface area contributed by atoms with Crippen molar-refractivity contribution in [2.24, 2.45) is 0 Å². The first-order chi connectivity index (χ1) is 12.3. The molecule has 1 unspecified atom stereocenters. The first-order valence-electron chi connectivity index (χ1n) is 8.34. The minimum Gasteiger partial charge on any atom is -0.337 e. The maximum absolute atomic E-state index is 12.6. The molecule has 0 saturated carbocycles. The highest BCUT2D eigenvalue weighted by molar-refractivity contribution is 5.92. The van der Waals surface area contributed by atoms with Gasteiger partial charge in [0.2, 0.25) is 0 Å². The fraction of sp³-hybridized carbons (Fsp3) is 0.278. The van der Waals surface area contributed by atoms with Crippen molar-refractivity contribution in [2.45, 2.75) is 18.8 Å². The van der Waals surface area contributed by atoms with Crippen molar-refractivity contribution >= 4 is 5.91 Å². The van der Waals surface area contributed by atoms with E-state index < -0.39 is 0 Å². The highest BCUT2D eigenvalue weighted by Crippen LogP contribution is 2.26. The van der Waals surface area contributed by atoms with Gasteiger partial charge in [0.05, 0.1) is 6.20 Å². The molecule has 1 saturated heterocycles. The Morgan fingerprint density at radius 1 is 1.20 bits per heavy atom. The van der Waals surface area contributed by atoms with Crippen molar-refractivity contribution in [3.8, 4) is 11.4 Å². The minimum absolute atomic E-state index is 0.0828. The van der Waals surface area contributed by atoms with Gasteiger partial charge in [-0.1, -0.05) is 30.3 Å². The largest absolute Gasteiger partial charge is 0.337 e. The van der Waals surface area contributed by atoms with Crippen molar-refractivity contribution in [3.05, 3.63) is 60.4 Å². The van der Waals surface area contributed by atoms with Crippen molar-refractivity contribution in [3.63, 3.8) is 0 Å². The molecule has 3 aromatic rings. The van der Waals surface area contributed by atoms with Gasteiger partial charge in [-0.05, 0) is 12.8 Å². The number of amides is 1. The lowest BCUT2D eigenvalue weighted by Crippen LogP contribution is -2.39. The van der Waals surface area contributed by atoms with E-state index in [4.69, 9.17) is 0 Å². The lowest BCUT2D eigenvalue weighted by Gasteiger charge is -2.31. The molecular weight excluding hydrogens is 316 g/mol. The van der Waals surface area contributed by atoms with Gasteiger partial charge in [0.25, 0.3) is 5.91 Å². The Balaban J connectivity index is 1.50. The first-order valence-corrected chi connectivity index (χ1v) is 8.34. The van der Waals surface area contributed by atoms with Crippen LogP contribution in [0.1, 0.15) is 35.1 Å². The van der Waals surface area contributed by atoms with Crippen LogP contribution in [0.15, 0.2) is 48.9 Å². The molecule has 4 rings (SSSR count). The van der Waals surface area contributed by atoms with Crippen LogP contribution in [0.2, 0.25) is 0 Å². The van der Waals surface area contributed by atoms with E-state index in [0.717, 1.165) is 30.8 Å². The lowest BCUT2D eigenvalue weighted by atomic mass is 9.97. The van der Waals surface area contributed by atoms with Gasteiger partial charge in [-0.15, -0.1) is 0 Å². The number of hydrogen-bond donors (Lipinski definition) is 1. The van der Waals surface area contributed by atoms with E-state index in [-0.39, 0.29) is 11.8 Å². The van der Waals surface area contributed by atoms with Gasteiger partial charge >= 0.3 is 0 Å². The average Bonchev–Trinajstić information content (AvgIpc) is 3.19. The summed E-state index contributed by atoms with van der Waals surface area (Å²) in [4.78, 5) is 27.1. The molecule has 0 radical (unpaired) electrons. The Hall–Kier alpha value is -3.09. The number of piperidine rings is 1. The summed E-state index contributed by atoms with van der Waals surface area (Å²) in [6, 6.07) is 9.87. The summed E-state index contributed by atoms with van der Waals surface area (Å²) in [5.41, 5.74) is 1.36. The Labute approximate surface area is 145 Å². The third-order valence-corrected chi connectivity index (χ3v) is 4.41. The van der Waals surface area contributed by atoms with E-state index in [9.17, 15) is 4.79 Å². The number of carbonyl (C=O) groups is 1. The highest BCUT2D eigenvalue weighted by atomic mass is 16.2. The lowest BCUT2D eigenvalue weighted by molar-refractivity contribution is 0.0698. The predicted octanol–water partition coefficient (Wildman–Crippen LogP) is 2.28. The molecule has 7 heteroatoms. The van der Waals surface area contributed by atoms with Crippen LogP contribution >= 0.6 is 0 Å². The van der Waals surface area contributed by atoms with Crippen molar-refractivity contribution < 1.29 is 4.79 Å². The zero-order chi connectivity index (χ0) is 17.1. The summed E-state index contributed by atoms with van der Waals surface area (Å²) >= 11 is 0. The summed E-state index contributed by atoms with van der Waals surface area (Å²) in [7, 11) is 0. The number of aromatic amines is 1. The zero-order valence-corrected chi connectivity index (χ0v) is 13.7. The number of nitrogens with one attached hydrogen (secondary N) is 1. The van der Waals surface area contributed by atoms with E-state index in [1.54, 1.807) is 6.20 Å². The second-order valence-corrected chi connectivity index (χ2v) is 6.09. The second kappa shape index (κ2) is 6.80. The number of H-pyrrole nitrogens is 1. The maximum Gasteiger partial charge on any atom is 0.274 e. The summed E-state index contributed by atoms with van der Waals surface area (Å²) in [6.45, 7) is 1.34. The molecular formula is C18H18N6O. The Kier molecular flexibility index (Phi) is 4.20. The quantitative estimate of drug-likeness (QED) is 0.794. The van der Waals surface area contributed by atoms with Crippen LogP contribution in [0, 0.1) is 0 Å². The van der Waals surface area contributed by atoms with Gasteiger partial charge in [-0.3, -0.25) is 14.9 Å². The third-order valence-electron chi connectivity index (χ3n) is 4.41. The van der Waals surface area contributed by atoms with Gasteiger partial charge < -0.3 is 4.90 Å². The van der Waals surface area contributed by atoms with Crippen molar-refractivity contribution in [2.75, 3.05) is 13.1 Å². The van der Waals surface area contributed by atoms with E-state index >= 15 is 0 Å². The van der Waals surface area contributed by atoms with Gasteiger partial charge in [-0.2, -0.15) is 5.10 Å². The maximum atomic E-state index is 12.6. The Morgan fingerprint density at radius 3 is 2.88 bits per heavy atom. The van der Waals surface area contributed by atoms with Crippen LogP contribution in [-0.4, -0.2) is 49.0 Å². The molecule has 0 spiro atoms. The number of rotatable bonds is 3. The van der Waals surface area contributed by atoms with Crippen LogP contribution in [0.5, 0.6) is 0 Å². The van der Waals surface area contributed by atoms with Crippen LogP contribution in [-0.2, 0) is 0 Å². The summed E-state index contributed by atoms with van der Waals surface area (Å²) in [5.74, 6) is 1.59. The molecule has 2 aromatic heterocycles. The highest BCUT2D eigenvalue weighted by Gasteiger charge is 2.28. The number of nitrogens with zero attached hydrogens (tertiary/aromatic N) is 5. The topological polar surface area (TPSA) is 87.7 Å². The summed E-state index contributed by atoms with van der Waals surface area (Å²) in [6.07, 6.45) is 6.52. The fourth-order valence-corrected chi connectivity index (χ4v) is 3.13. The molecule has 0 bridgehead atoms. The zero-order valence-electron chi connectivity index (χ0n) is 13.7. The van der Waals surface area contributed by atoms with E-state index in [1.165, 1.54) is 12.4 Å². The van der Waals surface area contributed by atoms with Crippen LogP contribution in [0.3, 0.4) is 0 Å². The third kappa shape index (κ3) is 3.26. The monoisotopic (exact) mass is 334 g/mol. The molecule has 1 N–H and O–H groups in total. The smallest absolute Gasteiger partial charge is 0.274 e. The van der Waals surface area contributed by atoms with Crippen LogP contribution < -0.4 is 0 Å². The van der Waals surface area contributed by atoms with Crippen molar-refractivity contribution in [1.82, 2.24) is 30.0 Å². The van der Waals surface area contributed by atoms with E-state index in [0.29, 0.717) is 18.1 Å². The van der Waals surface area contributed by atoms with Crippen LogP contribution in [0.25, 0.3) is 11.4 Å². The number of carbonyl (C=O) groups excluding carboxylic acids is 1. The van der Waals surface area contributed by atoms with E-state index in [1.807, 2.05) is 35.2 Å². The molecule has 25 heavy (non-hydrogen) atoms. The Morgan fingerprint density at radius 2 is 2.08 bits per heavy atom. The molecule has 1 amide bonds. The van der Waals surface area contributed by atoms with Gasteiger partial charge in [-0.25, -0.2) is 9.97 Å². The van der Waals surface area contributed by atoms with Crippen LogP contribution in [0.4, 0.5) is 0 Å². The molecule has 0 aliphatic carbocycles. The molecule has 1 aromatic carbocycles. The average molecular weight is 334 g/mol. The van der Waals surface area contributed by atoms with Gasteiger partial charge in [0, 0.05) is 37.0 Å². The van der Waals surface area contributed by atoms with Crippen molar-refractivity contribution in [1.29, 1.82) is 0 Å². The molecule has 3 heterocycles. The molecule has 1 atom stereocenters. The molecule has 126 valence electrons. The number of aromatic nitrogens is 5. The summed E-state index contributed by atoms with van der Waals surface area (Å²) < 4.78 is 0. The van der Waals surface area contributed by atoms with Gasteiger partial charge in [0.15, 0.2) is 5.82 Å². The standard InChI is InChI=1S/C18H18N6O/c25-18(15-11-19-8-9-20-15)24-10-4-7-14(12-24)17-21-16(22-23-17)13-5-2-1-3-6-13/h1-3,5-6,8-9,11,14H,4,7,10,12H2,(H,21,22,23). The number of hydrogen-bond acceptors (Lipinski definition) is 5. The van der Waals surface area contributed by atoms with E-state index in [2.05, 4.69) is 25.1 Å². The number of benzene rings is 1. The Bertz CT molecular complexity index is 848. The minimum atomic E-state index is -0.0828. The fourth-order valence-electron chi connectivity index (χ4n) is 3.13. The van der Waals surface area contributed by atoms with Gasteiger partial charge in [0.1, 0.15) is 11.5 Å². The number of likely N-dealkylation sites (tertiary alicyclic amines) is 1. The molecule has 1 fully saturated rings. The molecule has 7 nitrogen and oxygen atoms in total. The molecule has 1 aliphatic heterocycles. The summed E-state index contributed by atoms with van der Waals surface area (Å²) in [5, 5.41) is 7.37. The SMILES string of the molecule is O=C(c1cnccn1)N1CCCC(c2nc(-c3ccccc3)n[nH]2)C1. The normalized spacial score (nSPS) is 17.4. The first kappa shape index (κ1) is 15.4. The second-order valence-electron chi connectivity index (χ2n) is 6.09. The molecule has 1 aliphatic rings.